The molecule has 0 unspecified atom stereocenters. The van der Waals surface area contributed by atoms with Gasteiger partial charge in [0.15, 0.2) is 0 Å². The van der Waals surface area contributed by atoms with Crippen LogP contribution in [0.25, 0.3) is 0 Å². The lowest BCUT2D eigenvalue weighted by atomic mass is 9.88. The molecule has 4 nitrogen and oxygen atoms in total. The number of likely N-dealkylation sites (tertiary alicyclic amines) is 2. The second kappa shape index (κ2) is 5.57. The van der Waals surface area contributed by atoms with Crippen molar-refractivity contribution in [1.82, 2.24) is 9.80 Å². The molecule has 2 aliphatic heterocycles. The number of hydrogen-bond acceptors (Lipinski definition) is 3. The highest BCUT2D eigenvalue weighted by Crippen LogP contribution is 2.34. The highest BCUT2D eigenvalue weighted by atomic mass is 32.1. The lowest BCUT2D eigenvalue weighted by molar-refractivity contribution is -0.184. The Morgan fingerprint density at radius 2 is 1.82 bits per heavy atom. The van der Waals surface area contributed by atoms with Gasteiger partial charge in [0.05, 0.1) is 5.56 Å². The quantitative estimate of drug-likeness (QED) is 0.791. The third kappa shape index (κ3) is 2.84. The highest BCUT2D eigenvalue weighted by Gasteiger charge is 2.48. The van der Waals surface area contributed by atoms with Crippen molar-refractivity contribution in [3.05, 3.63) is 22.4 Å². The average Bonchev–Trinajstić information content (AvgIpc) is 3.12. The van der Waals surface area contributed by atoms with E-state index >= 15 is 0 Å². The molecule has 2 saturated heterocycles. The summed E-state index contributed by atoms with van der Waals surface area (Å²) in [6.45, 7) is 1.17. The molecule has 0 saturated carbocycles. The van der Waals surface area contributed by atoms with Gasteiger partial charge in [-0.1, -0.05) is 0 Å². The Balaban J connectivity index is 1.65. The minimum atomic E-state index is -4.82. The molecule has 3 rings (SSSR count). The van der Waals surface area contributed by atoms with Crippen molar-refractivity contribution in [2.24, 2.45) is 11.8 Å². The van der Waals surface area contributed by atoms with Gasteiger partial charge < -0.3 is 9.80 Å². The molecule has 1 aromatic rings. The number of alkyl halides is 3. The van der Waals surface area contributed by atoms with Gasteiger partial charge >= 0.3 is 12.1 Å². The molecule has 22 heavy (non-hydrogen) atoms. The van der Waals surface area contributed by atoms with Crippen LogP contribution in [-0.4, -0.2) is 54.0 Å². The van der Waals surface area contributed by atoms with E-state index in [9.17, 15) is 22.8 Å². The summed E-state index contributed by atoms with van der Waals surface area (Å²) >= 11 is 1.43. The molecular weight excluding hydrogens is 317 g/mol. The standard InChI is InChI=1S/C14H15F3N2O2S/c15-14(16,17)13(21)19-5-9-1-3-18(6-11(9)7-19)12(20)10-2-4-22-8-10/h2,4,8-9,11H,1,3,5-7H2/t9-,11-/m0/s1. The topological polar surface area (TPSA) is 40.6 Å². The largest absolute Gasteiger partial charge is 0.471 e. The summed E-state index contributed by atoms with van der Waals surface area (Å²) in [4.78, 5) is 26.2. The molecule has 0 aromatic carbocycles. The summed E-state index contributed by atoms with van der Waals surface area (Å²) in [5.41, 5.74) is 0.615. The lowest BCUT2D eigenvalue weighted by Gasteiger charge is -2.34. The predicted octanol–water partition coefficient (Wildman–Crippen LogP) is 2.23. The summed E-state index contributed by atoms with van der Waals surface area (Å²) < 4.78 is 37.5. The second-order valence-corrected chi connectivity index (χ2v) is 6.56. The molecule has 0 spiro atoms. The number of amides is 2. The van der Waals surface area contributed by atoms with Crippen molar-refractivity contribution in [3.63, 3.8) is 0 Å². The fraction of sp³-hybridized carbons (Fsp3) is 0.571. The molecule has 3 heterocycles. The Bertz CT molecular complexity index is 573. The fourth-order valence-corrected chi connectivity index (χ4v) is 3.90. The van der Waals surface area contributed by atoms with Gasteiger partial charge in [0, 0.05) is 31.6 Å². The van der Waals surface area contributed by atoms with Crippen LogP contribution in [0.5, 0.6) is 0 Å². The second-order valence-electron chi connectivity index (χ2n) is 5.78. The maximum Gasteiger partial charge on any atom is 0.471 e. The van der Waals surface area contributed by atoms with Crippen LogP contribution in [0.4, 0.5) is 13.2 Å². The Morgan fingerprint density at radius 1 is 1.14 bits per heavy atom. The van der Waals surface area contributed by atoms with E-state index < -0.39 is 12.1 Å². The minimum Gasteiger partial charge on any atom is -0.338 e. The van der Waals surface area contributed by atoms with E-state index in [4.69, 9.17) is 0 Å². The van der Waals surface area contributed by atoms with Crippen LogP contribution < -0.4 is 0 Å². The van der Waals surface area contributed by atoms with Gasteiger partial charge in [0.25, 0.3) is 5.91 Å². The van der Waals surface area contributed by atoms with Crippen molar-refractivity contribution in [1.29, 1.82) is 0 Å². The molecule has 120 valence electrons. The first-order valence-corrected chi connectivity index (χ1v) is 7.98. The smallest absolute Gasteiger partial charge is 0.338 e. The third-order valence-corrected chi connectivity index (χ3v) is 5.07. The van der Waals surface area contributed by atoms with Gasteiger partial charge in [0.1, 0.15) is 0 Å². The van der Waals surface area contributed by atoms with E-state index in [1.807, 2.05) is 5.38 Å². The molecular formula is C14H15F3N2O2S. The molecule has 2 fully saturated rings. The minimum absolute atomic E-state index is 0.0535. The number of thiophene rings is 1. The third-order valence-electron chi connectivity index (χ3n) is 4.39. The fourth-order valence-electron chi connectivity index (χ4n) is 3.27. The Hall–Kier alpha value is -1.57. The van der Waals surface area contributed by atoms with Crippen LogP contribution in [0.3, 0.4) is 0 Å². The van der Waals surface area contributed by atoms with Gasteiger partial charge in [-0.15, -0.1) is 0 Å². The zero-order valence-electron chi connectivity index (χ0n) is 11.7. The summed E-state index contributed by atoms with van der Waals surface area (Å²) in [7, 11) is 0. The highest BCUT2D eigenvalue weighted by molar-refractivity contribution is 7.08. The molecule has 0 radical (unpaired) electrons. The van der Waals surface area contributed by atoms with E-state index in [1.54, 1.807) is 16.3 Å². The molecule has 0 bridgehead atoms. The molecule has 2 amide bonds. The molecule has 2 aliphatic rings. The number of hydrogen-bond donors (Lipinski definition) is 0. The first-order valence-electron chi connectivity index (χ1n) is 7.04. The van der Waals surface area contributed by atoms with Crippen LogP contribution in [0.1, 0.15) is 16.8 Å². The van der Waals surface area contributed by atoms with Crippen LogP contribution in [-0.2, 0) is 4.79 Å². The van der Waals surface area contributed by atoms with Crippen LogP contribution in [0.2, 0.25) is 0 Å². The van der Waals surface area contributed by atoms with Crippen molar-refractivity contribution in [2.45, 2.75) is 12.6 Å². The van der Waals surface area contributed by atoms with Crippen LogP contribution >= 0.6 is 11.3 Å². The van der Waals surface area contributed by atoms with Gasteiger partial charge in [-0.05, 0) is 29.7 Å². The Kier molecular flexibility index (Phi) is 3.88. The van der Waals surface area contributed by atoms with Crippen molar-refractivity contribution in [3.8, 4) is 0 Å². The van der Waals surface area contributed by atoms with E-state index in [-0.39, 0.29) is 30.8 Å². The summed E-state index contributed by atoms with van der Waals surface area (Å²) in [5, 5.41) is 3.59. The van der Waals surface area contributed by atoms with Gasteiger partial charge in [-0.25, -0.2) is 0 Å². The molecule has 0 aliphatic carbocycles. The number of rotatable bonds is 1. The summed E-state index contributed by atoms with van der Waals surface area (Å²) in [6.07, 6.45) is -4.18. The van der Waals surface area contributed by atoms with E-state index in [1.165, 1.54) is 11.3 Å². The molecule has 1 aromatic heterocycles. The number of carbonyl (C=O) groups is 2. The molecule has 2 atom stereocenters. The van der Waals surface area contributed by atoms with Crippen LogP contribution in [0, 0.1) is 11.8 Å². The number of carbonyl (C=O) groups excluding carboxylic acids is 2. The predicted molar refractivity (Wildman–Crippen MR) is 74.5 cm³/mol. The lowest BCUT2D eigenvalue weighted by Crippen LogP contribution is -2.43. The first-order chi connectivity index (χ1) is 10.4. The zero-order valence-corrected chi connectivity index (χ0v) is 12.5. The monoisotopic (exact) mass is 332 g/mol. The maximum absolute atomic E-state index is 12.5. The molecule has 0 N–H and O–H groups in total. The normalized spacial score (nSPS) is 25.2. The van der Waals surface area contributed by atoms with Gasteiger partial charge in [-0.2, -0.15) is 24.5 Å². The summed E-state index contributed by atoms with van der Waals surface area (Å²) in [6, 6.07) is 1.74. The average molecular weight is 332 g/mol. The van der Waals surface area contributed by atoms with E-state index in [0.29, 0.717) is 25.1 Å². The van der Waals surface area contributed by atoms with Crippen molar-refractivity contribution in [2.75, 3.05) is 26.2 Å². The number of halogens is 3. The first kappa shape index (κ1) is 15.3. The SMILES string of the molecule is O=C(c1ccsc1)N1CC[C@H]2CN(C(=O)C(F)(F)F)C[C@@H]2C1. The zero-order chi connectivity index (χ0) is 15.9. The Morgan fingerprint density at radius 3 is 2.45 bits per heavy atom. The summed E-state index contributed by atoms with van der Waals surface area (Å²) in [5.74, 6) is -1.86. The van der Waals surface area contributed by atoms with E-state index in [0.717, 1.165) is 4.90 Å². The Labute approximate surface area is 129 Å². The number of fused-ring (bicyclic) bond motifs is 1. The maximum atomic E-state index is 12.5. The van der Waals surface area contributed by atoms with Crippen molar-refractivity contribution >= 4 is 23.2 Å². The number of nitrogens with zero attached hydrogens (tertiary/aromatic N) is 2. The van der Waals surface area contributed by atoms with Gasteiger partial charge in [0.2, 0.25) is 0 Å². The van der Waals surface area contributed by atoms with E-state index in [2.05, 4.69) is 0 Å². The molecule has 8 heteroatoms. The number of piperidine rings is 1. The van der Waals surface area contributed by atoms with Crippen LogP contribution in [0.15, 0.2) is 16.8 Å². The van der Waals surface area contributed by atoms with Crippen molar-refractivity contribution < 1.29 is 22.8 Å². The van der Waals surface area contributed by atoms with Gasteiger partial charge in [-0.3, -0.25) is 9.59 Å².